The van der Waals surface area contributed by atoms with Crippen LogP contribution in [0.3, 0.4) is 0 Å². The molecular weight excluding hydrogens is 766 g/mol. The molecule has 4 aromatic rings. The first kappa shape index (κ1) is 39.4. The van der Waals surface area contributed by atoms with Crippen molar-refractivity contribution in [3.63, 3.8) is 0 Å². The maximum absolute atomic E-state index is 15.2. The van der Waals surface area contributed by atoms with Gasteiger partial charge in [-0.25, -0.2) is 0 Å². The highest BCUT2D eigenvalue weighted by atomic mass is 79.9. The third kappa shape index (κ3) is 7.63. The van der Waals surface area contributed by atoms with Crippen molar-refractivity contribution in [1.82, 2.24) is 4.90 Å². The molecule has 0 bridgehead atoms. The van der Waals surface area contributed by atoms with Crippen molar-refractivity contribution in [1.29, 1.82) is 0 Å². The van der Waals surface area contributed by atoms with Gasteiger partial charge in [-0.3, -0.25) is 14.4 Å². The summed E-state index contributed by atoms with van der Waals surface area (Å²) in [7, 11) is -0.881. The standard InChI is InChI=1S/C42H48BrN3O7Si/c1-27-39(54(4,5)34-18-16-33(52-3)17-19-34)37(24-38(49)45(21-22-47)25-29-9-7-6-8-10-29)53-42(27)35-23-31(43)13-20-36(35)46(41(42)51)26-30-11-14-32(15-12-30)44-40(50)28(2)48/h6-20,23,27-28,37,39,47-48H,21-22,24-26H2,1-5H3,(H,44,50)/t27-,28+,37+,39-,42+/m1/s1. The van der Waals surface area contributed by atoms with E-state index in [9.17, 15) is 19.8 Å². The molecule has 4 aromatic carbocycles. The number of aliphatic hydroxyl groups is 2. The zero-order valence-electron chi connectivity index (χ0n) is 31.3. The number of nitrogens with zero attached hydrogens (tertiary/aromatic N) is 2. The first-order valence-corrected chi connectivity index (χ1v) is 22.1. The van der Waals surface area contributed by atoms with E-state index in [1.54, 1.807) is 29.0 Å². The van der Waals surface area contributed by atoms with Gasteiger partial charge >= 0.3 is 0 Å². The third-order valence-electron chi connectivity index (χ3n) is 11.1. The van der Waals surface area contributed by atoms with Gasteiger partial charge in [0.15, 0.2) is 5.60 Å². The Kier molecular flexibility index (Phi) is 11.8. The molecule has 0 aromatic heterocycles. The Morgan fingerprint density at radius 1 is 1.02 bits per heavy atom. The van der Waals surface area contributed by atoms with Crippen LogP contribution in [0.25, 0.3) is 0 Å². The number of amides is 3. The second-order valence-corrected chi connectivity index (χ2v) is 20.4. The Morgan fingerprint density at radius 2 is 1.70 bits per heavy atom. The smallest absolute Gasteiger partial charge is 0.264 e. The van der Waals surface area contributed by atoms with Crippen LogP contribution in [0.15, 0.2) is 102 Å². The molecule has 0 radical (unpaired) electrons. The zero-order valence-corrected chi connectivity index (χ0v) is 33.9. The first-order chi connectivity index (χ1) is 25.8. The molecule has 2 heterocycles. The number of aliphatic hydroxyl groups excluding tert-OH is 2. The summed E-state index contributed by atoms with van der Waals surface area (Å²) in [6.07, 6.45) is -1.69. The lowest BCUT2D eigenvalue weighted by Gasteiger charge is -2.37. The van der Waals surface area contributed by atoms with Crippen molar-refractivity contribution in [2.75, 3.05) is 30.5 Å². The number of halogens is 1. The average Bonchev–Trinajstić information content (AvgIpc) is 3.58. The van der Waals surface area contributed by atoms with E-state index in [0.717, 1.165) is 37.8 Å². The molecule has 3 amide bonds. The molecule has 0 aliphatic carbocycles. The number of carbonyl (C=O) groups excluding carboxylic acids is 3. The lowest BCUT2D eigenvalue weighted by atomic mass is 9.82. The second-order valence-electron chi connectivity index (χ2n) is 14.8. The van der Waals surface area contributed by atoms with Gasteiger partial charge < -0.3 is 34.8 Å². The number of fused-ring (bicyclic) bond motifs is 2. The normalized spacial score (nSPS) is 21.2. The fourth-order valence-corrected chi connectivity index (χ4v) is 12.7. The van der Waals surface area contributed by atoms with Crippen molar-refractivity contribution in [2.45, 2.75) is 69.8 Å². The van der Waals surface area contributed by atoms with Crippen molar-refractivity contribution in [3.8, 4) is 5.75 Å². The van der Waals surface area contributed by atoms with Crippen LogP contribution in [-0.2, 0) is 37.8 Å². The van der Waals surface area contributed by atoms with Crippen LogP contribution < -0.4 is 20.1 Å². The Bertz CT molecular complexity index is 1980. The van der Waals surface area contributed by atoms with E-state index in [0.29, 0.717) is 12.2 Å². The van der Waals surface area contributed by atoms with Gasteiger partial charge in [-0.1, -0.05) is 95.7 Å². The molecule has 12 heteroatoms. The predicted octanol–water partition coefficient (Wildman–Crippen LogP) is 5.95. The van der Waals surface area contributed by atoms with E-state index < -0.39 is 31.8 Å². The molecule has 1 spiro atoms. The van der Waals surface area contributed by atoms with Crippen LogP contribution in [0.4, 0.5) is 11.4 Å². The molecular formula is C42H48BrN3O7Si. The Labute approximate surface area is 326 Å². The van der Waals surface area contributed by atoms with Gasteiger partial charge in [0.05, 0.1) is 46.5 Å². The Morgan fingerprint density at radius 3 is 2.33 bits per heavy atom. The van der Waals surface area contributed by atoms with Crippen molar-refractivity contribution in [2.24, 2.45) is 5.92 Å². The van der Waals surface area contributed by atoms with Gasteiger partial charge in [-0.15, -0.1) is 0 Å². The summed E-state index contributed by atoms with van der Waals surface area (Å²) in [6.45, 7) is 8.66. The molecule has 10 nitrogen and oxygen atoms in total. The number of methoxy groups -OCH3 is 1. The van der Waals surface area contributed by atoms with E-state index in [4.69, 9.17) is 9.47 Å². The van der Waals surface area contributed by atoms with Crippen LogP contribution in [0.1, 0.15) is 37.0 Å². The molecule has 1 saturated heterocycles. The number of carbonyl (C=O) groups is 3. The molecule has 2 aliphatic heterocycles. The molecule has 284 valence electrons. The zero-order chi connectivity index (χ0) is 38.8. The topological polar surface area (TPSA) is 129 Å². The molecule has 5 atom stereocenters. The summed E-state index contributed by atoms with van der Waals surface area (Å²) < 4.78 is 13.5. The Hall–Kier alpha value is -4.33. The minimum Gasteiger partial charge on any atom is -0.497 e. The maximum atomic E-state index is 15.2. The summed E-state index contributed by atoms with van der Waals surface area (Å²) >= 11 is 3.66. The Balaban J connectivity index is 1.38. The molecule has 54 heavy (non-hydrogen) atoms. The van der Waals surface area contributed by atoms with Gasteiger partial charge in [0.2, 0.25) is 5.91 Å². The highest BCUT2D eigenvalue weighted by Gasteiger charge is 2.66. The van der Waals surface area contributed by atoms with Crippen LogP contribution in [0, 0.1) is 5.92 Å². The van der Waals surface area contributed by atoms with E-state index in [2.05, 4.69) is 53.4 Å². The lowest BCUT2D eigenvalue weighted by Crippen LogP contribution is -2.52. The van der Waals surface area contributed by atoms with Gasteiger partial charge in [0.1, 0.15) is 11.9 Å². The second kappa shape index (κ2) is 16.2. The third-order valence-corrected chi connectivity index (χ3v) is 15.9. The maximum Gasteiger partial charge on any atom is 0.264 e. The minimum absolute atomic E-state index is 0.0480. The SMILES string of the molecule is COc1ccc([Si](C)(C)[C@H]2[C@H](CC(=O)N(CCO)Cc3ccccc3)O[C@@]3(C(=O)N(Cc4ccc(NC(=O)[C@H](C)O)cc4)c4ccc(Br)cc43)[C@@H]2C)cc1. The lowest BCUT2D eigenvalue weighted by molar-refractivity contribution is -0.150. The molecule has 6 rings (SSSR count). The highest BCUT2D eigenvalue weighted by Crippen LogP contribution is 2.60. The molecule has 2 aliphatic rings. The van der Waals surface area contributed by atoms with Gasteiger partial charge in [-0.2, -0.15) is 0 Å². The van der Waals surface area contributed by atoms with Crippen LogP contribution >= 0.6 is 15.9 Å². The van der Waals surface area contributed by atoms with Gasteiger partial charge in [0, 0.05) is 34.7 Å². The first-order valence-electron chi connectivity index (χ1n) is 18.2. The largest absolute Gasteiger partial charge is 0.497 e. The predicted molar refractivity (Wildman–Crippen MR) is 215 cm³/mol. The fourth-order valence-electron chi connectivity index (χ4n) is 8.28. The molecule has 0 unspecified atom stereocenters. The molecule has 0 saturated carbocycles. The quantitative estimate of drug-likeness (QED) is 0.143. The molecule has 3 N–H and O–H groups in total. The van der Waals surface area contributed by atoms with Crippen molar-refractivity contribution < 1.29 is 34.1 Å². The number of benzene rings is 4. The summed E-state index contributed by atoms with van der Waals surface area (Å²) in [4.78, 5) is 45.0. The van der Waals surface area contributed by atoms with E-state index in [-0.39, 0.29) is 49.4 Å². The number of hydrogen-bond acceptors (Lipinski definition) is 7. The number of ether oxygens (including phenoxy) is 2. The van der Waals surface area contributed by atoms with Crippen LogP contribution in [0.2, 0.25) is 18.6 Å². The van der Waals surface area contributed by atoms with E-state index >= 15 is 4.79 Å². The average molecular weight is 815 g/mol. The van der Waals surface area contributed by atoms with Gasteiger partial charge in [0.25, 0.3) is 11.8 Å². The minimum atomic E-state index is -2.52. The highest BCUT2D eigenvalue weighted by molar-refractivity contribution is 9.10. The fraction of sp³-hybridized carbons (Fsp3) is 0.357. The van der Waals surface area contributed by atoms with Gasteiger partial charge in [-0.05, 0) is 66.1 Å². The van der Waals surface area contributed by atoms with E-state index in [1.165, 1.54) is 6.92 Å². The van der Waals surface area contributed by atoms with Crippen molar-refractivity contribution >= 4 is 58.3 Å². The summed E-state index contributed by atoms with van der Waals surface area (Å²) in [5, 5.41) is 23.5. The number of hydrogen-bond donors (Lipinski definition) is 3. The van der Waals surface area contributed by atoms with E-state index in [1.807, 2.05) is 72.8 Å². The summed E-state index contributed by atoms with van der Waals surface area (Å²) in [5.41, 5.74) is 2.31. The monoisotopic (exact) mass is 813 g/mol. The van der Waals surface area contributed by atoms with Crippen LogP contribution in [-0.4, -0.2) is 73.4 Å². The molecule has 1 fully saturated rings. The number of rotatable bonds is 13. The number of nitrogens with one attached hydrogen (secondary N) is 1. The number of anilines is 2. The summed E-state index contributed by atoms with van der Waals surface area (Å²) in [6, 6.07) is 30.8. The van der Waals surface area contributed by atoms with Crippen LogP contribution in [0.5, 0.6) is 5.75 Å². The van der Waals surface area contributed by atoms with Crippen molar-refractivity contribution in [3.05, 3.63) is 118 Å². The summed E-state index contributed by atoms with van der Waals surface area (Å²) in [5.74, 6) is -0.406.